The molecule has 1 aliphatic rings. The van der Waals surface area contributed by atoms with Crippen LogP contribution in [0.15, 0.2) is 12.1 Å². The number of halogens is 2. The van der Waals surface area contributed by atoms with Crippen LogP contribution in [0, 0.1) is 0 Å². The van der Waals surface area contributed by atoms with Crippen LogP contribution in [0.3, 0.4) is 0 Å². The smallest absolute Gasteiger partial charge is 0.410 e. The molecule has 1 fully saturated rings. The molecule has 2 heterocycles. The highest BCUT2D eigenvalue weighted by Gasteiger charge is 2.37. The fraction of sp³-hybridized carbons (Fsp3) is 0.643. The zero-order valence-corrected chi connectivity index (χ0v) is 13.6. The van der Waals surface area contributed by atoms with Crippen molar-refractivity contribution in [2.45, 2.75) is 45.0 Å². The molecule has 0 unspecified atom stereocenters. The standard InChI is InChI=1S/C14H20ClFN4O2/c1-14(2,3)22-13(21)20-8-9(16)6-10(20)7-17-12-5-4-11(15)18-19-12/h4-5,9-10H,6-8H2,1-3H3,(H,17,19)/t9-,10-/m0/s1. The lowest BCUT2D eigenvalue weighted by Crippen LogP contribution is -2.42. The van der Waals surface area contributed by atoms with Crippen molar-refractivity contribution in [2.75, 3.05) is 18.4 Å². The highest BCUT2D eigenvalue weighted by Crippen LogP contribution is 2.23. The molecule has 0 aliphatic carbocycles. The van der Waals surface area contributed by atoms with Gasteiger partial charge in [0, 0.05) is 13.0 Å². The number of rotatable bonds is 3. The van der Waals surface area contributed by atoms with Crippen molar-refractivity contribution in [1.82, 2.24) is 15.1 Å². The van der Waals surface area contributed by atoms with Gasteiger partial charge in [-0.3, -0.25) is 0 Å². The first-order valence-electron chi connectivity index (χ1n) is 7.11. The highest BCUT2D eigenvalue weighted by molar-refractivity contribution is 6.29. The van der Waals surface area contributed by atoms with E-state index in [-0.39, 0.29) is 19.0 Å². The number of hydrogen-bond donors (Lipinski definition) is 1. The van der Waals surface area contributed by atoms with Crippen LogP contribution in [-0.4, -0.2) is 52.1 Å². The van der Waals surface area contributed by atoms with E-state index in [1.165, 1.54) is 4.90 Å². The van der Waals surface area contributed by atoms with Crippen molar-refractivity contribution in [3.8, 4) is 0 Å². The van der Waals surface area contributed by atoms with Crippen LogP contribution in [0.25, 0.3) is 0 Å². The van der Waals surface area contributed by atoms with Gasteiger partial charge in [0.1, 0.15) is 17.6 Å². The summed E-state index contributed by atoms with van der Waals surface area (Å²) < 4.78 is 19.0. The third-order valence-electron chi connectivity index (χ3n) is 3.14. The third-order valence-corrected chi connectivity index (χ3v) is 3.34. The van der Waals surface area contributed by atoms with E-state index in [1.807, 2.05) is 0 Å². The first-order valence-corrected chi connectivity index (χ1v) is 7.49. The number of amides is 1. The van der Waals surface area contributed by atoms with E-state index >= 15 is 0 Å². The zero-order chi connectivity index (χ0) is 16.3. The average molecular weight is 331 g/mol. The predicted molar refractivity (Wildman–Crippen MR) is 81.8 cm³/mol. The Morgan fingerprint density at radius 1 is 1.50 bits per heavy atom. The Bertz CT molecular complexity index is 521. The molecule has 1 aromatic rings. The van der Waals surface area contributed by atoms with Crippen molar-refractivity contribution in [3.05, 3.63) is 17.3 Å². The molecule has 1 saturated heterocycles. The fourth-order valence-electron chi connectivity index (χ4n) is 2.23. The van der Waals surface area contributed by atoms with Gasteiger partial charge in [0.05, 0.1) is 12.6 Å². The molecule has 0 aromatic carbocycles. The average Bonchev–Trinajstić information content (AvgIpc) is 2.77. The second-order valence-electron chi connectivity index (χ2n) is 6.24. The van der Waals surface area contributed by atoms with E-state index in [9.17, 15) is 9.18 Å². The van der Waals surface area contributed by atoms with Gasteiger partial charge in [0.25, 0.3) is 0 Å². The van der Waals surface area contributed by atoms with E-state index in [0.29, 0.717) is 17.5 Å². The molecule has 0 spiro atoms. The molecule has 22 heavy (non-hydrogen) atoms. The van der Waals surface area contributed by atoms with Crippen molar-refractivity contribution < 1.29 is 13.9 Å². The summed E-state index contributed by atoms with van der Waals surface area (Å²) in [5, 5.41) is 10.9. The summed E-state index contributed by atoms with van der Waals surface area (Å²) >= 11 is 5.66. The van der Waals surface area contributed by atoms with E-state index in [4.69, 9.17) is 16.3 Å². The van der Waals surface area contributed by atoms with Crippen LogP contribution >= 0.6 is 11.6 Å². The van der Waals surface area contributed by atoms with Crippen molar-refractivity contribution >= 4 is 23.5 Å². The molecule has 1 aromatic heterocycles. The van der Waals surface area contributed by atoms with Gasteiger partial charge in [0.15, 0.2) is 5.15 Å². The van der Waals surface area contributed by atoms with Crippen molar-refractivity contribution in [1.29, 1.82) is 0 Å². The molecular formula is C14H20ClFN4O2. The van der Waals surface area contributed by atoms with Crippen LogP contribution in [-0.2, 0) is 4.74 Å². The lowest BCUT2D eigenvalue weighted by Gasteiger charge is -2.28. The first-order chi connectivity index (χ1) is 10.2. The molecule has 1 aliphatic heterocycles. The van der Waals surface area contributed by atoms with Crippen LogP contribution in [0.1, 0.15) is 27.2 Å². The molecule has 1 amide bonds. The molecule has 2 rings (SSSR count). The number of carbonyl (C=O) groups excluding carboxylic acids is 1. The maximum atomic E-state index is 13.7. The maximum absolute atomic E-state index is 13.7. The number of aromatic nitrogens is 2. The van der Waals surface area contributed by atoms with Gasteiger partial charge in [-0.2, -0.15) is 0 Å². The van der Waals surface area contributed by atoms with Crippen LogP contribution < -0.4 is 5.32 Å². The molecule has 0 saturated carbocycles. The fourth-order valence-corrected chi connectivity index (χ4v) is 2.33. The third kappa shape index (κ3) is 4.69. The quantitative estimate of drug-likeness (QED) is 0.923. The minimum atomic E-state index is -1.05. The Kier molecular flexibility index (Phi) is 5.05. The topological polar surface area (TPSA) is 67.3 Å². The SMILES string of the molecule is CC(C)(C)OC(=O)N1C[C@@H](F)C[C@H]1CNc1ccc(Cl)nn1. The van der Waals surface area contributed by atoms with Crippen LogP contribution in [0.2, 0.25) is 5.15 Å². The van der Waals surface area contributed by atoms with Crippen LogP contribution in [0.5, 0.6) is 0 Å². The van der Waals surface area contributed by atoms with Crippen molar-refractivity contribution in [3.63, 3.8) is 0 Å². The second kappa shape index (κ2) is 6.64. The summed E-state index contributed by atoms with van der Waals surface area (Å²) in [5.74, 6) is 0.524. The molecule has 122 valence electrons. The van der Waals surface area contributed by atoms with E-state index < -0.39 is 17.9 Å². The Morgan fingerprint density at radius 2 is 2.23 bits per heavy atom. The summed E-state index contributed by atoms with van der Waals surface area (Å²) in [6.07, 6.45) is -1.27. The normalized spacial score (nSPS) is 21.8. The molecule has 2 atom stereocenters. The number of likely N-dealkylation sites (tertiary alicyclic amines) is 1. The van der Waals surface area contributed by atoms with Gasteiger partial charge in [-0.1, -0.05) is 11.6 Å². The Morgan fingerprint density at radius 3 is 2.82 bits per heavy atom. The van der Waals surface area contributed by atoms with Gasteiger partial charge < -0.3 is 15.0 Å². The molecule has 1 N–H and O–H groups in total. The van der Waals surface area contributed by atoms with E-state index in [2.05, 4.69) is 15.5 Å². The lowest BCUT2D eigenvalue weighted by atomic mass is 10.2. The Labute approximate surface area is 134 Å². The molecule has 6 nitrogen and oxygen atoms in total. The van der Waals surface area contributed by atoms with Crippen LogP contribution in [0.4, 0.5) is 15.0 Å². The number of ether oxygens (including phenoxy) is 1. The highest BCUT2D eigenvalue weighted by atomic mass is 35.5. The summed E-state index contributed by atoms with van der Waals surface area (Å²) in [6, 6.07) is 2.99. The Hall–Kier alpha value is -1.63. The number of alkyl halides is 1. The molecule has 0 radical (unpaired) electrons. The predicted octanol–water partition coefficient (Wildman–Crippen LogP) is 2.89. The van der Waals surface area contributed by atoms with E-state index in [0.717, 1.165) is 0 Å². The summed E-state index contributed by atoms with van der Waals surface area (Å²) in [5.41, 5.74) is -0.606. The number of nitrogens with one attached hydrogen (secondary N) is 1. The molecule has 8 heteroatoms. The van der Waals surface area contributed by atoms with Gasteiger partial charge in [-0.25, -0.2) is 9.18 Å². The van der Waals surface area contributed by atoms with Gasteiger partial charge in [0.2, 0.25) is 0 Å². The zero-order valence-electron chi connectivity index (χ0n) is 12.8. The number of anilines is 1. The van der Waals surface area contributed by atoms with Gasteiger partial charge in [-0.15, -0.1) is 10.2 Å². The monoisotopic (exact) mass is 330 g/mol. The second-order valence-corrected chi connectivity index (χ2v) is 6.63. The minimum Gasteiger partial charge on any atom is -0.444 e. The maximum Gasteiger partial charge on any atom is 0.410 e. The largest absolute Gasteiger partial charge is 0.444 e. The summed E-state index contributed by atoms with van der Waals surface area (Å²) in [7, 11) is 0. The van der Waals surface area contributed by atoms with Gasteiger partial charge in [-0.05, 0) is 32.9 Å². The Balaban J connectivity index is 1.95. The number of carbonyl (C=O) groups is 1. The van der Waals surface area contributed by atoms with Crippen molar-refractivity contribution in [2.24, 2.45) is 0 Å². The number of nitrogens with zero attached hydrogens (tertiary/aromatic N) is 3. The summed E-state index contributed by atoms with van der Waals surface area (Å²) in [4.78, 5) is 13.6. The number of hydrogen-bond acceptors (Lipinski definition) is 5. The van der Waals surface area contributed by atoms with Gasteiger partial charge >= 0.3 is 6.09 Å². The lowest BCUT2D eigenvalue weighted by molar-refractivity contribution is 0.0226. The minimum absolute atomic E-state index is 0.0492. The first kappa shape index (κ1) is 16.7. The summed E-state index contributed by atoms with van der Waals surface area (Å²) in [6.45, 7) is 5.77. The van der Waals surface area contributed by atoms with E-state index in [1.54, 1.807) is 32.9 Å². The molecule has 0 bridgehead atoms. The molecular weight excluding hydrogens is 311 g/mol.